The third-order valence-corrected chi connectivity index (χ3v) is 23.5. The maximum Gasteiger partial charge on any atom is 0.303 e. The Labute approximate surface area is 652 Å². The molecule has 0 spiro atoms. The van der Waals surface area contributed by atoms with Crippen LogP contribution in [0.2, 0.25) is 0 Å². The quantitative estimate of drug-likeness (QED) is 0.0667. The number of aliphatic carboxylic acids is 1. The van der Waals surface area contributed by atoms with Gasteiger partial charge in [0.2, 0.25) is 70.9 Å². The molecular formula is C74H122N16O18S2. The van der Waals surface area contributed by atoms with Crippen LogP contribution in [0.1, 0.15) is 175 Å². The summed E-state index contributed by atoms with van der Waals surface area (Å²) in [5.41, 5.74) is 12.5. The van der Waals surface area contributed by atoms with Gasteiger partial charge >= 0.3 is 5.97 Å². The minimum atomic E-state index is -1.87. The molecule has 0 radical (unpaired) electrons. The number of carboxylic acid groups (broad SMARTS) is 1. The third-order valence-electron chi connectivity index (χ3n) is 21.2. The molecule has 2 saturated carbocycles. The Kier molecular flexibility index (Phi) is 37.3. The van der Waals surface area contributed by atoms with Gasteiger partial charge in [-0.05, 0) is 177 Å². The number of carboxylic acids is 1. The van der Waals surface area contributed by atoms with Crippen LogP contribution in [0.4, 0.5) is 0 Å². The summed E-state index contributed by atoms with van der Waals surface area (Å²) in [6.07, 6.45) is -1.27. The number of benzene rings is 1. The van der Waals surface area contributed by atoms with Crippen molar-refractivity contribution in [3.8, 4) is 0 Å². The fraction of sp³-hybridized carbons (Fsp3) is 0.743. The van der Waals surface area contributed by atoms with E-state index in [0.717, 1.165) is 17.5 Å². The molecule has 12 amide bonds. The van der Waals surface area contributed by atoms with Crippen LogP contribution in [0, 0.1) is 29.1 Å². The number of fused-ring (bicyclic) bond motifs is 3. The molecule has 5 aliphatic rings. The molecule has 1 aromatic rings. The van der Waals surface area contributed by atoms with E-state index in [0.29, 0.717) is 82.4 Å². The topological polar surface area (TPSA) is 544 Å². The molecule has 2 bridgehead atoms. The zero-order valence-corrected chi connectivity index (χ0v) is 66.3. The third kappa shape index (κ3) is 29.3. The van der Waals surface area contributed by atoms with Crippen LogP contribution < -0.4 is 85.9 Å². The number of likely N-dealkylation sites (N-methyl/N-ethyl adjacent to an activating group) is 1. The average Bonchev–Trinajstić information content (AvgIpc) is 1.48. The van der Waals surface area contributed by atoms with Crippen LogP contribution in [-0.2, 0) is 73.8 Å². The van der Waals surface area contributed by atoms with Crippen molar-refractivity contribution in [2.75, 3.05) is 38.2 Å². The molecule has 2 saturated heterocycles. The lowest BCUT2D eigenvalue weighted by molar-refractivity contribution is -0.139. The Hall–Kier alpha value is -7.29. The van der Waals surface area contributed by atoms with Crippen molar-refractivity contribution in [3.63, 3.8) is 0 Å². The van der Waals surface area contributed by atoms with E-state index in [2.05, 4.69) is 74.4 Å². The van der Waals surface area contributed by atoms with Gasteiger partial charge in [0.15, 0.2) is 0 Å². The van der Waals surface area contributed by atoms with Gasteiger partial charge in [0, 0.05) is 48.9 Å². The maximum atomic E-state index is 15.2. The average molecular weight is 1590 g/mol. The number of aliphatic hydroxyl groups excluding tert-OH is 4. The Balaban J connectivity index is 1.42. The van der Waals surface area contributed by atoms with E-state index in [-0.39, 0.29) is 86.4 Å². The van der Waals surface area contributed by atoms with Gasteiger partial charge in [-0.25, -0.2) is 0 Å². The minimum absolute atomic E-state index is 0.00893. The maximum absolute atomic E-state index is 15.2. The number of piperidine rings is 1. The van der Waals surface area contributed by atoms with Gasteiger partial charge in [-0.3, -0.25) is 62.3 Å². The number of nitrogens with one attached hydrogen (secondary N) is 14. The highest BCUT2D eigenvalue weighted by molar-refractivity contribution is 7.98. The summed E-state index contributed by atoms with van der Waals surface area (Å²) in [6, 6.07) is -9.87. The SMILES string of the molecule is CCC[C@@H]1NC(=O)[C@H](CC2CCC(O)CC2)NC(=O)[C@H](CCC(=O)O)NC(=O)[C@H](CC2CNC3NCCCC23)NC(=O)[C@H]([C@@H](C)O)NC(=O)[C@H](CC(CN)NC)NC(=O)[C@H](CC2CCC(O)CC2)NC(=O)[C@H](C(C)(C)C)NC(=O)[C@@H](NC(C)=O)CSCc2cccc(c2)CSC[C@@H](C(N)=O)NC(=O)[C@H]([C@@H](C)O)NC1=O. The predicted octanol–water partition coefficient (Wildman–Crippen LogP) is -2.77. The number of carbonyl (C=O) groups is 13. The molecule has 6 rings (SSSR count). The fourth-order valence-corrected chi connectivity index (χ4v) is 16.8. The van der Waals surface area contributed by atoms with E-state index in [4.69, 9.17) is 11.5 Å². The van der Waals surface area contributed by atoms with Crippen LogP contribution in [0.5, 0.6) is 0 Å². The van der Waals surface area contributed by atoms with Crippen LogP contribution in [0.25, 0.3) is 0 Å². The zero-order chi connectivity index (χ0) is 81.1. The molecule has 34 nitrogen and oxygen atoms in total. The van der Waals surface area contributed by atoms with Crippen molar-refractivity contribution in [2.45, 2.75) is 279 Å². The van der Waals surface area contributed by atoms with E-state index in [9.17, 15) is 68.7 Å². The van der Waals surface area contributed by atoms with Crippen LogP contribution in [0.15, 0.2) is 24.3 Å². The first-order chi connectivity index (χ1) is 52.1. The highest BCUT2D eigenvalue weighted by Gasteiger charge is 2.44. The first-order valence-corrected chi connectivity index (χ1v) is 41.0. The Morgan fingerprint density at radius 3 is 1.56 bits per heavy atom. The standard InChI is InChI=1S/C74H122N16O18S2/c1-9-12-50-65(100)88-60(39(3)92)72(107)87-56(62(76)98)36-109-34-43-13-10-14-44(27-43)35-110-37-57(80-40(4)93)70(105)90-61(74(5,6)7)73(108)86-53(29-42-18-22-48(95)23-19-42)67(102)84-55(31-46(32-75)77-8)69(104)89-59(38(2)91)71(106)85-54(30-45-33-79-63-49(45)15-11-26-78-63)68(103)82-51(24-25-58(96)97)64(99)83-52(66(101)81-50)28-41-16-20-47(94)21-17-41/h10,13-14,27,38-39,41-42,45-57,59-61,63,77-79,91-92,94-95H,9,11-12,15-26,28-37,75H2,1-8H3,(H2,76,98)(H,80,93)(H,81,101)(H,82,103)(H,83,99)(H,84,102)(H,85,106)(H,86,108)(H,87,107)(H,88,100)(H,89,104)(H,90,105)(H,96,97)/t38-,39-,41?,42?,45?,46?,47?,48?,49?,50+,51+,52+,53+,54+,55+,56+,57+,59+,60+,61-,63?/m1/s1. The molecule has 4 unspecified atom stereocenters. The normalized spacial score (nSPS) is 31.6. The van der Waals surface area contributed by atoms with E-state index < -0.39 is 192 Å². The Morgan fingerprint density at radius 1 is 0.591 bits per heavy atom. The van der Waals surface area contributed by atoms with Crippen molar-refractivity contribution in [3.05, 3.63) is 35.4 Å². The van der Waals surface area contributed by atoms with Crippen LogP contribution >= 0.6 is 23.5 Å². The van der Waals surface area contributed by atoms with Crippen LogP contribution in [-0.4, -0.2) is 244 Å². The summed E-state index contributed by atoms with van der Waals surface area (Å²) in [6.45, 7) is 11.4. The fourth-order valence-electron chi connectivity index (χ4n) is 14.8. The number of thioether (sulfide) groups is 2. The van der Waals surface area contributed by atoms with Gasteiger partial charge < -0.3 is 111 Å². The molecule has 4 fully saturated rings. The monoisotopic (exact) mass is 1590 g/mol. The van der Waals surface area contributed by atoms with Gasteiger partial charge in [0.05, 0.1) is 30.6 Å². The lowest BCUT2D eigenvalue weighted by Crippen LogP contribution is -2.63. The summed E-state index contributed by atoms with van der Waals surface area (Å²) in [5.74, 6) is -12.5. The number of aliphatic hydroxyl groups is 4. The van der Waals surface area contributed by atoms with Gasteiger partial charge in [-0.15, -0.1) is 0 Å². The Morgan fingerprint density at radius 2 is 1.06 bits per heavy atom. The zero-order valence-electron chi connectivity index (χ0n) is 64.6. The van der Waals surface area contributed by atoms with Gasteiger partial charge in [-0.1, -0.05) is 58.4 Å². The molecule has 618 valence electrons. The molecule has 17 atom stereocenters. The van der Waals surface area contributed by atoms with Gasteiger partial charge in [0.25, 0.3) is 0 Å². The smallest absolute Gasteiger partial charge is 0.303 e. The predicted molar refractivity (Wildman–Crippen MR) is 412 cm³/mol. The van der Waals surface area contributed by atoms with Gasteiger partial charge in [-0.2, -0.15) is 23.5 Å². The molecule has 3 aliphatic heterocycles. The summed E-state index contributed by atoms with van der Waals surface area (Å²) in [5, 5.41) is 92.9. The van der Waals surface area contributed by atoms with E-state index in [1.54, 1.807) is 40.8 Å². The summed E-state index contributed by atoms with van der Waals surface area (Å²) in [7, 11) is 1.57. The molecule has 1 aromatic carbocycles. The molecule has 23 N–H and O–H groups in total. The number of nitrogens with two attached hydrogens (primary N) is 2. The molecule has 3 heterocycles. The number of rotatable bonds is 19. The van der Waals surface area contributed by atoms with E-state index in [1.807, 2.05) is 18.2 Å². The van der Waals surface area contributed by atoms with E-state index in [1.165, 1.54) is 44.3 Å². The second-order valence-corrected chi connectivity index (χ2v) is 33.4. The molecule has 2 aliphatic carbocycles. The second-order valence-electron chi connectivity index (χ2n) is 31.3. The first kappa shape index (κ1) is 91.6. The van der Waals surface area contributed by atoms with Crippen molar-refractivity contribution in [2.24, 2.45) is 40.6 Å². The highest BCUT2D eigenvalue weighted by atomic mass is 32.2. The number of hydrogen-bond donors (Lipinski definition) is 21. The van der Waals surface area contributed by atoms with Crippen LogP contribution in [0.3, 0.4) is 0 Å². The Bertz CT molecular complexity index is 3280. The van der Waals surface area contributed by atoms with Crippen molar-refractivity contribution in [1.82, 2.24) is 74.4 Å². The van der Waals surface area contributed by atoms with Crippen molar-refractivity contribution < 1.29 is 87.9 Å². The lowest BCUT2D eigenvalue weighted by Gasteiger charge is -2.35. The molecular weight excluding hydrogens is 1470 g/mol. The largest absolute Gasteiger partial charge is 0.481 e. The molecule has 110 heavy (non-hydrogen) atoms. The number of carbonyl (C=O) groups excluding carboxylic acids is 12. The number of hydrogen-bond acceptors (Lipinski definition) is 23. The van der Waals surface area contributed by atoms with Crippen molar-refractivity contribution >= 4 is 100 Å². The first-order valence-electron chi connectivity index (χ1n) is 38.7. The second kappa shape index (κ2) is 44.8. The minimum Gasteiger partial charge on any atom is -0.481 e. The molecule has 36 heteroatoms. The summed E-state index contributed by atoms with van der Waals surface area (Å²) in [4.78, 5) is 186. The molecule has 0 aromatic heterocycles. The van der Waals surface area contributed by atoms with E-state index >= 15 is 19.2 Å². The highest BCUT2D eigenvalue weighted by Crippen LogP contribution is 2.33. The number of amides is 12. The number of primary amides is 1. The lowest BCUT2D eigenvalue weighted by atomic mass is 9.82. The van der Waals surface area contributed by atoms with Gasteiger partial charge in [0.1, 0.15) is 66.5 Å². The van der Waals surface area contributed by atoms with Crippen molar-refractivity contribution in [1.29, 1.82) is 0 Å². The summed E-state index contributed by atoms with van der Waals surface area (Å²) < 4.78 is 0. The summed E-state index contributed by atoms with van der Waals surface area (Å²) >= 11 is 2.54.